The highest BCUT2D eigenvalue weighted by molar-refractivity contribution is 5.67. The molecule has 0 spiro atoms. The van der Waals surface area contributed by atoms with E-state index in [0.717, 1.165) is 55.6 Å². The van der Waals surface area contributed by atoms with Crippen molar-refractivity contribution in [2.45, 2.75) is 76.9 Å². The van der Waals surface area contributed by atoms with Crippen molar-refractivity contribution in [1.82, 2.24) is 24.6 Å². The van der Waals surface area contributed by atoms with Crippen molar-refractivity contribution in [1.29, 1.82) is 5.26 Å². The third-order valence-corrected chi connectivity index (χ3v) is 9.00. The molecule has 2 aromatic heterocycles. The fraction of sp³-hybridized carbons (Fsp3) is 0.559. The summed E-state index contributed by atoms with van der Waals surface area (Å²) < 4.78 is 25.5. The Morgan fingerprint density at radius 1 is 1.11 bits per heavy atom. The Balaban J connectivity index is 1.14. The average Bonchev–Trinajstić information content (AvgIpc) is 3.45. The van der Waals surface area contributed by atoms with Crippen molar-refractivity contribution in [3.05, 3.63) is 42.4 Å². The molecule has 1 aliphatic carbocycles. The van der Waals surface area contributed by atoms with Gasteiger partial charge in [0.05, 0.1) is 62.7 Å². The van der Waals surface area contributed by atoms with Gasteiger partial charge in [-0.15, -0.1) is 5.10 Å². The Morgan fingerprint density at radius 2 is 1.83 bits per heavy atom. The van der Waals surface area contributed by atoms with Gasteiger partial charge in [0.25, 0.3) is 5.88 Å². The summed E-state index contributed by atoms with van der Waals surface area (Å²) in [5, 5.41) is 17.8. The second-order valence-electron chi connectivity index (χ2n) is 12.9. The van der Waals surface area contributed by atoms with E-state index in [-0.39, 0.29) is 18.3 Å². The number of hydrogen-bond acceptors (Lipinski definition) is 11. The number of ether oxygens (including phenoxy) is 4. The first-order valence-electron chi connectivity index (χ1n) is 16.6. The lowest BCUT2D eigenvalue weighted by Crippen LogP contribution is -2.51. The molecule has 250 valence electrons. The maximum atomic E-state index is 9.58. The van der Waals surface area contributed by atoms with Crippen LogP contribution in [0.4, 0.5) is 11.6 Å². The summed E-state index contributed by atoms with van der Waals surface area (Å²) in [5.74, 6) is 1.82. The quantitative estimate of drug-likeness (QED) is 0.214. The van der Waals surface area contributed by atoms with Gasteiger partial charge >= 0.3 is 0 Å². The van der Waals surface area contributed by atoms with E-state index in [4.69, 9.17) is 29.8 Å². The van der Waals surface area contributed by atoms with Gasteiger partial charge in [-0.25, -0.2) is 9.97 Å². The predicted octanol–water partition coefficient (Wildman–Crippen LogP) is 4.33. The number of aliphatic imine (C=N–C) groups is 1. The topological polar surface area (TPSA) is 158 Å². The molecule has 0 radical (unpaired) electrons. The first-order chi connectivity index (χ1) is 22.9. The maximum absolute atomic E-state index is 9.58. The van der Waals surface area contributed by atoms with Crippen molar-refractivity contribution in [2.24, 2.45) is 16.6 Å². The van der Waals surface area contributed by atoms with Crippen LogP contribution < -0.4 is 20.5 Å². The number of hydrogen-bond donors (Lipinski definition) is 2. The molecule has 2 aliphatic heterocycles. The molecule has 2 saturated heterocycles. The SMILES string of the molecule is C[C@@H]1CN(C2CCC(n3cc(Nc4ncc(-c5ccc(C#N)c(O[C@@H](C)CN=CN)c5)cn4)c(OCC4COC4)n3)CC2)C[C@H](C)O1. The van der Waals surface area contributed by atoms with Crippen LogP contribution in [0.1, 0.15) is 58.1 Å². The number of benzene rings is 1. The van der Waals surface area contributed by atoms with Crippen molar-refractivity contribution in [2.75, 3.05) is 44.8 Å². The monoisotopic (exact) mass is 643 g/mol. The van der Waals surface area contributed by atoms with Crippen molar-refractivity contribution in [3.63, 3.8) is 0 Å². The van der Waals surface area contributed by atoms with E-state index >= 15 is 0 Å². The van der Waals surface area contributed by atoms with E-state index in [1.165, 1.54) is 6.34 Å². The standard InChI is InChI=1S/C34H45N9O4/c1-22(12-37-21-36)47-32-10-26(4-5-27(32)11-35)28-13-38-34(39-14-28)40-31-17-43(41-33(31)45-20-25-18-44-19-25)30-8-6-29(7-9-30)42-15-23(2)46-24(3)16-42/h4-5,10,13-14,17,21-25,29-30H,6-9,12,15-16,18-20H2,1-3H3,(H2,36,37)(H,38,39,40)/t22-,23-,24+,29?,30?/m0/s1. The highest BCUT2D eigenvalue weighted by Gasteiger charge is 2.32. The maximum Gasteiger partial charge on any atom is 0.256 e. The second-order valence-corrected chi connectivity index (χ2v) is 12.9. The molecule has 3 atom stereocenters. The van der Waals surface area contributed by atoms with Crippen LogP contribution in [0.15, 0.2) is 41.8 Å². The van der Waals surface area contributed by atoms with Gasteiger partial charge in [0.1, 0.15) is 23.6 Å². The van der Waals surface area contributed by atoms with Crippen molar-refractivity contribution in [3.8, 4) is 28.8 Å². The van der Waals surface area contributed by atoms with Crippen LogP contribution in [0.3, 0.4) is 0 Å². The van der Waals surface area contributed by atoms with Crippen molar-refractivity contribution >= 4 is 18.0 Å². The molecule has 1 aromatic carbocycles. The normalized spacial score (nSPS) is 24.4. The van der Waals surface area contributed by atoms with Gasteiger partial charge in [-0.3, -0.25) is 14.6 Å². The van der Waals surface area contributed by atoms with Gasteiger partial charge in [-0.1, -0.05) is 6.07 Å². The molecule has 4 heterocycles. The Morgan fingerprint density at radius 3 is 2.49 bits per heavy atom. The molecule has 0 amide bonds. The van der Waals surface area contributed by atoms with E-state index in [0.29, 0.717) is 67.5 Å². The molecule has 0 unspecified atom stereocenters. The Hall–Kier alpha value is -4.25. The molecule has 1 saturated carbocycles. The molecule has 3 fully saturated rings. The fourth-order valence-corrected chi connectivity index (χ4v) is 6.55. The number of anilines is 2. The van der Waals surface area contributed by atoms with Gasteiger partial charge < -0.3 is 30.0 Å². The molecule has 13 nitrogen and oxygen atoms in total. The van der Waals surface area contributed by atoms with Crippen LogP contribution in [0.25, 0.3) is 11.1 Å². The second kappa shape index (κ2) is 15.1. The Bertz CT molecular complexity index is 1530. The first kappa shape index (κ1) is 32.7. The average molecular weight is 644 g/mol. The summed E-state index contributed by atoms with van der Waals surface area (Å²) in [6.45, 7) is 10.6. The minimum Gasteiger partial charge on any atom is -0.487 e. The van der Waals surface area contributed by atoms with Crippen LogP contribution in [-0.2, 0) is 9.47 Å². The third-order valence-electron chi connectivity index (χ3n) is 9.00. The molecular formula is C34H45N9O4. The Kier molecular flexibility index (Phi) is 10.5. The van der Waals surface area contributed by atoms with Gasteiger partial charge in [0.15, 0.2) is 0 Å². The van der Waals surface area contributed by atoms with E-state index in [1.807, 2.05) is 25.3 Å². The van der Waals surface area contributed by atoms with Crippen molar-refractivity contribution < 1.29 is 18.9 Å². The lowest BCUT2D eigenvalue weighted by Gasteiger charge is -2.42. The minimum absolute atomic E-state index is 0.249. The Labute approximate surface area is 276 Å². The molecule has 3 aromatic rings. The zero-order valence-corrected chi connectivity index (χ0v) is 27.4. The first-order valence-corrected chi connectivity index (χ1v) is 16.6. The number of nitrogens with zero attached hydrogens (tertiary/aromatic N) is 7. The number of nitrogens with two attached hydrogens (primary N) is 1. The lowest BCUT2D eigenvalue weighted by atomic mass is 9.89. The van der Waals surface area contributed by atoms with Gasteiger partial charge in [-0.2, -0.15) is 5.26 Å². The summed E-state index contributed by atoms with van der Waals surface area (Å²) in [6, 6.07) is 8.48. The predicted molar refractivity (Wildman–Crippen MR) is 178 cm³/mol. The van der Waals surface area contributed by atoms with Crippen LogP contribution >= 0.6 is 0 Å². The van der Waals surface area contributed by atoms with Crippen LogP contribution in [0.2, 0.25) is 0 Å². The van der Waals surface area contributed by atoms with Gasteiger partial charge in [0.2, 0.25) is 5.95 Å². The summed E-state index contributed by atoms with van der Waals surface area (Å²) in [4.78, 5) is 15.8. The molecule has 3 N–H and O–H groups in total. The smallest absolute Gasteiger partial charge is 0.256 e. The van der Waals surface area contributed by atoms with E-state index < -0.39 is 0 Å². The van der Waals surface area contributed by atoms with Crippen LogP contribution in [0, 0.1) is 17.2 Å². The van der Waals surface area contributed by atoms with Gasteiger partial charge in [0, 0.05) is 43.0 Å². The number of morpholine rings is 1. The summed E-state index contributed by atoms with van der Waals surface area (Å²) >= 11 is 0. The molecule has 3 aliphatic rings. The summed E-state index contributed by atoms with van der Waals surface area (Å²) in [5.41, 5.74) is 8.15. The molecule has 0 bridgehead atoms. The number of rotatable bonds is 12. The zero-order valence-electron chi connectivity index (χ0n) is 27.4. The third kappa shape index (κ3) is 8.19. The zero-order chi connectivity index (χ0) is 32.8. The highest BCUT2D eigenvalue weighted by Crippen LogP contribution is 2.36. The number of nitriles is 1. The fourth-order valence-electron chi connectivity index (χ4n) is 6.55. The number of nitrogens with one attached hydrogen (secondary N) is 1. The lowest BCUT2D eigenvalue weighted by molar-refractivity contribution is -0.0852. The highest BCUT2D eigenvalue weighted by atomic mass is 16.5. The van der Waals surface area contributed by atoms with Crippen LogP contribution in [0.5, 0.6) is 11.6 Å². The summed E-state index contributed by atoms with van der Waals surface area (Å²) in [7, 11) is 0. The molecule has 47 heavy (non-hydrogen) atoms. The largest absolute Gasteiger partial charge is 0.487 e. The molecule has 6 rings (SSSR count). The summed E-state index contributed by atoms with van der Waals surface area (Å²) in [6.07, 6.45) is 11.4. The van der Waals surface area contributed by atoms with E-state index in [9.17, 15) is 5.26 Å². The molecular weight excluding hydrogens is 598 g/mol. The van der Waals surface area contributed by atoms with Gasteiger partial charge in [-0.05, 0) is 64.2 Å². The van der Waals surface area contributed by atoms with Crippen LogP contribution in [-0.4, -0.2) is 94.8 Å². The molecule has 13 heteroatoms. The minimum atomic E-state index is -0.249. The van der Waals surface area contributed by atoms with E-state index in [1.54, 1.807) is 18.5 Å². The van der Waals surface area contributed by atoms with E-state index in [2.05, 4.69) is 49.8 Å². The number of aromatic nitrogens is 4.